The van der Waals surface area contributed by atoms with E-state index in [1.165, 1.54) is 13.0 Å². The maximum Gasteiger partial charge on any atom is 0.305 e. The minimum Gasteiger partial charge on any atom is -0.481 e. The molecule has 0 bridgehead atoms. The first-order valence-electron chi connectivity index (χ1n) is 15.6. The molecular weight excluding hydrogens is 597 g/mol. The van der Waals surface area contributed by atoms with Gasteiger partial charge < -0.3 is 10.4 Å². The summed E-state index contributed by atoms with van der Waals surface area (Å²) in [5.74, 6) is -4.16. The normalized spacial score (nSPS) is 15.1. The predicted molar refractivity (Wildman–Crippen MR) is 171 cm³/mol. The van der Waals surface area contributed by atoms with E-state index in [1.54, 1.807) is 13.0 Å². The fraction of sp³-hybridized carbons (Fsp3) is 0.486. The first-order valence-corrected chi connectivity index (χ1v) is 15.6. The molecule has 1 aliphatic heterocycles. The van der Waals surface area contributed by atoms with Gasteiger partial charge in [0.2, 0.25) is 5.91 Å². The highest BCUT2D eigenvalue weighted by Gasteiger charge is 2.33. The van der Waals surface area contributed by atoms with Gasteiger partial charge in [-0.1, -0.05) is 31.5 Å². The Bertz CT molecular complexity index is 1670. The third-order valence-corrected chi connectivity index (χ3v) is 8.46. The smallest absolute Gasteiger partial charge is 0.305 e. The van der Waals surface area contributed by atoms with Crippen LogP contribution in [0.3, 0.4) is 0 Å². The number of nitrogens with one attached hydrogen (secondary N) is 1. The van der Waals surface area contributed by atoms with Crippen molar-refractivity contribution in [1.29, 1.82) is 0 Å². The molecule has 1 fully saturated rings. The van der Waals surface area contributed by atoms with E-state index in [-0.39, 0.29) is 23.5 Å². The maximum absolute atomic E-state index is 16.4. The second-order valence-electron chi connectivity index (χ2n) is 13.0. The van der Waals surface area contributed by atoms with Crippen molar-refractivity contribution in [2.45, 2.75) is 86.0 Å². The van der Waals surface area contributed by atoms with E-state index in [0.29, 0.717) is 42.9 Å². The number of carboxylic acids is 1. The number of carbonyl (C=O) groups is 2. The highest BCUT2D eigenvalue weighted by molar-refractivity contribution is 5.82. The van der Waals surface area contributed by atoms with Crippen LogP contribution in [0.25, 0.3) is 11.1 Å². The first kappa shape index (κ1) is 34.9. The highest BCUT2D eigenvalue weighted by atomic mass is 19.1. The van der Waals surface area contributed by atoms with Crippen molar-refractivity contribution in [3.8, 4) is 11.1 Å². The van der Waals surface area contributed by atoms with Gasteiger partial charge in [-0.3, -0.25) is 19.3 Å². The molecule has 1 saturated heterocycles. The van der Waals surface area contributed by atoms with Crippen LogP contribution in [0, 0.1) is 52.2 Å². The molecule has 1 amide bonds. The van der Waals surface area contributed by atoms with E-state index in [1.807, 2.05) is 51.7 Å². The molecule has 11 heteroatoms. The zero-order chi connectivity index (χ0) is 34.0. The van der Waals surface area contributed by atoms with Crippen LogP contribution in [0.4, 0.5) is 13.2 Å². The van der Waals surface area contributed by atoms with E-state index in [2.05, 4.69) is 10.4 Å². The number of amides is 1. The minimum atomic E-state index is -1.58. The summed E-state index contributed by atoms with van der Waals surface area (Å²) in [6.07, 6.45) is -1.07. The first-order chi connectivity index (χ1) is 21.6. The number of hydrogen-bond donors (Lipinski definition) is 2. The molecule has 0 saturated carbocycles. The van der Waals surface area contributed by atoms with Crippen LogP contribution in [-0.4, -0.2) is 57.5 Å². The van der Waals surface area contributed by atoms with Crippen LogP contribution in [0.1, 0.15) is 77.8 Å². The Morgan fingerprint density at radius 1 is 0.978 bits per heavy atom. The van der Waals surface area contributed by atoms with Crippen molar-refractivity contribution in [2.24, 2.45) is 5.92 Å². The molecule has 46 heavy (non-hydrogen) atoms. The number of aliphatic carboxylic acids is 1. The Morgan fingerprint density at radius 3 is 2.17 bits per heavy atom. The summed E-state index contributed by atoms with van der Waals surface area (Å²) in [7, 11) is 0. The maximum atomic E-state index is 16.4. The van der Waals surface area contributed by atoms with Crippen LogP contribution in [0.15, 0.2) is 29.1 Å². The molecule has 0 unspecified atom stereocenters. The Hall–Kier alpha value is -3.99. The summed E-state index contributed by atoms with van der Waals surface area (Å²) in [4.78, 5) is 41.2. The molecule has 0 spiro atoms. The van der Waals surface area contributed by atoms with Crippen LogP contribution in [0.5, 0.6) is 0 Å². The number of benzene rings is 2. The number of carbonyl (C=O) groups excluding carboxylic acids is 1. The molecule has 0 radical (unpaired) electrons. The zero-order valence-electron chi connectivity index (χ0n) is 27.5. The molecule has 248 valence electrons. The fourth-order valence-electron chi connectivity index (χ4n) is 6.32. The van der Waals surface area contributed by atoms with Crippen molar-refractivity contribution in [3.63, 3.8) is 0 Å². The standard InChI is InChI=1S/C35H43F3N4O4/c1-18(2)10-28(42-35(46)23(7)13-25(40-42)8-9-41-16-24(36)17-41)34(45)39-27(15-29(43)44)31-32(37)22(6)14-26(33(31)38)30-20(4)11-19(3)12-21(30)5/h11-14,18,24,27-28H,8-10,15-17H2,1-7H3,(H,39,45)(H,43,44)/t27-,28-/m0/s1. The van der Waals surface area contributed by atoms with Gasteiger partial charge in [0.25, 0.3) is 5.56 Å². The van der Waals surface area contributed by atoms with Crippen LogP contribution in [-0.2, 0) is 16.0 Å². The van der Waals surface area contributed by atoms with E-state index >= 15 is 8.78 Å². The fourth-order valence-corrected chi connectivity index (χ4v) is 6.32. The minimum absolute atomic E-state index is 0.0941. The molecule has 1 aromatic heterocycles. The summed E-state index contributed by atoms with van der Waals surface area (Å²) in [6.45, 7) is 13.5. The van der Waals surface area contributed by atoms with Crippen molar-refractivity contribution >= 4 is 11.9 Å². The Morgan fingerprint density at radius 2 is 1.61 bits per heavy atom. The van der Waals surface area contributed by atoms with Crippen LogP contribution < -0.4 is 10.9 Å². The van der Waals surface area contributed by atoms with Crippen molar-refractivity contribution in [2.75, 3.05) is 19.6 Å². The average Bonchev–Trinajstić information content (AvgIpc) is 2.92. The lowest BCUT2D eigenvalue weighted by Crippen LogP contribution is -2.49. The molecule has 0 aliphatic carbocycles. The van der Waals surface area contributed by atoms with Crippen LogP contribution in [0.2, 0.25) is 0 Å². The average molecular weight is 641 g/mol. The highest BCUT2D eigenvalue weighted by Crippen LogP contribution is 2.37. The molecule has 2 N–H and O–H groups in total. The molecule has 1 aliphatic rings. The van der Waals surface area contributed by atoms with Gasteiger partial charge in [0.1, 0.15) is 23.8 Å². The monoisotopic (exact) mass is 640 g/mol. The lowest BCUT2D eigenvalue weighted by Gasteiger charge is -2.34. The quantitative estimate of drug-likeness (QED) is 0.258. The van der Waals surface area contributed by atoms with E-state index in [9.17, 15) is 23.9 Å². The zero-order valence-corrected chi connectivity index (χ0v) is 27.5. The SMILES string of the molecule is Cc1cc(C)c(-c2cc(C)c(F)c([C@H](CC(=O)O)NC(=O)[C@H](CC(C)C)n3nc(CCN4CC(F)C4)cc(C)c3=O)c2F)c(C)c1. The van der Waals surface area contributed by atoms with E-state index in [0.717, 1.165) is 21.4 Å². The number of aromatic nitrogens is 2. The predicted octanol–water partition coefficient (Wildman–Crippen LogP) is 5.85. The molecular formula is C35H43F3N4O4. The molecule has 4 rings (SSSR count). The molecule has 3 aromatic rings. The number of aryl methyl sites for hydroxylation is 5. The molecule has 2 aromatic carbocycles. The van der Waals surface area contributed by atoms with Gasteiger partial charge in [-0.05, 0) is 81.3 Å². The second-order valence-corrected chi connectivity index (χ2v) is 13.0. The number of nitrogens with zero attached hydrogens (tertiary/aromatic N) is 3. The third kappa shape index (κ3) is 7.68. The van der Waals surface area contributed by atoms with Crippen molar-refractivity contribution < 1.29 is 27.9 Å². The van der Waals surface area contributed by atoms with Gasteiger partial charge in [-0.15, -0.1) is 0 Å². The molecule has 2 atom stereocenters. The van der Waals surface area contributed by atoms with Gasteiger partial charge >= 0.3 is 5.97 Å². The number of carboxylic acid groups (broad SMARTS) is 1. The summed E-state index contributed by atoms with van der Waals surface area (Å²) < 4.78 is 46.6. The summed E-state index contributed by atoms with van der Waals surface area (Å²) in [5, 5.41) is 16.9. The lowest BCUT2D eigenvalue weighted by atomic mass is 9.88. The second kappa shape index (κ2) is 14.2. The number of alkyl halides is 1. The summed E-state index contributed by atoms with van der Waals surface area (Å²) in [6, 6.07) is 4.04. The lowest BCUT2D eigenvalue weighted by molar-refractivity contribution is -0.138. The summed E-state index contributed by atoms with van der Waals surface area (Å²) >= 11 is 0. The van der Waals surface area contributed by atoms with Gasteiger partial charge in [-0.25, -0.2) is 17.9 Å². The van der Waals surface area contributed by atoms with Gasteiger partial charge in [0.05, 0.1) is 18.2 Å². The van der Waals surface area contributed by atoms with Gasteiger partial charge in [0, 0.05) is 42.7 Å². The molecule has 8 nitrogen and oxygen atoms in total. The van der Waals surface area contributed by atoms with Gasteiger partial charge in [0.15, 0.2) is 0 Å². The Kier molecular flexibility index (Phi) is 10.8. The summed E-state index contributed by atoms with van der Waals surface area (Å²) in [5.41, 5.74) is 3.10. The van der Waals surface area contributed by atoms with Crippen molar-refractivity contribution in [3.05, 3.63) is 85.3 Å². The number of hydrogen-bond acceptors (Lipinski definition) is 5. The number of rotatable bonds is 12. The molecule has 2 heterocycles. The third-order valence-electron chi connectivity index (χ3n) is 8.46. The van der Waals surface area contributed by atoms with E-state index in [4.69, 9.17) is 0 Å². The van der Waals surface area contributed by atoms with Crippen molar-refractivity contribution in [1.82, 2.24) is 20.0 Å². The number of halogens is 3. The largest absolute Gasteiger partial charge is 0.481 e. The number of likely N-dealkylation sites (tertiary alicyclic amines) is 1. The van der Waals surface area contributed by atoms with E-state index < -0.39 is 59.3 Å². The van der Waals surface area contributed by atoms with Crippen LogP contribution >= 0.6 is 0 Å². The van der Waals surface area contributed by atoms with Gasteiger partial charge in [-0.2, -0.15) is 5.10 Å². The topological polar surface area (TPSA) is 105 Å². The Labute approximate surface area is 267 Å². The Balaban J connectivity index is 1.76.